The highest BCUT2D eigenvalue weighted by atomic mass is 32.2. The van der Waals surface area contributed by atoms with Crippen LogP contribution in [0.1, 0.15) is 24.2 Å². The van der Waals surface area contributed by atoms with E-state index in [1.807, 2.05) is 61.5 Å². The Morgan fingerprint density at radius 1 is 0.941 bits per heavy atom. The van der Waals surface area contributed by atoms with Crippen LogP contribution in [0.5, 0.6) is 5.75 Å². The molecule has 0 aliphatic carbocycles. The third kappa shape index (κ3) is 3.78. The van der Waals surface area contributed by atoms with Gasteiger partial charge >= 0.3 is 0 Å². The van der Waals surface area contributed by atoms with Crippen LogP contribution in [0.25, 0.3) is 27.8 Å². The van der Waals surface area contributed by atoms with E-state index in [-0.39, 0.29) is 10.6 Å². The van der Waals surface area contributed by atoms with Gasteiger partial charge in [-0.2, -0.15) is 9.61 Å². The molecule has 0 bridgehead atoms. The van der Waals surface area contributed by atoms with Crippen molar-refractivity contribution in [2.75, 3.05) is 7.11 Å². The topological polar surface area (TPSA) is 98.5 Å². The number of aromatic nitrogens is 4. The highest BCUT2D eigenvalue weighted by molar-refractivity contribution is 7.89. The maximum Gasteiger partial charge on any atom is 0.244 e. The highest BCUT2D eigenvalue weighted by Crippen LogP contribution is 2.31. The van der Waals surface area contributed by atoms with Crippen LogP contribution in [0.4, 0.5) is 0 Å². The monoisotopic (exact) mass is 473 g/mol. The molecule has 172 valence electrons. The smallest absolute Gasteiger partial charge is 0.244 e. The number of methoxy groups -OCH3 is 1. The van der Waals surface area contributed by atoms with Crippen LogP contribution in [0, 0.1) is 6.92 Å². The normalized spacial score (nSPS) is 12.8. The van der Waals surface area contributed by atoms with Crippen LogP contribution in [-0.4, -0.2) is 35.3 Å². The molecule has 0 radical (unpaired) electrons. The van der Waals surface area contributed by atoms with Crippen molar-refractivity contribution < 1.29 is 13.2 Å². The molecular formula is C25H23N5O3S. The molecule has 0 saturated heterocycles. The van der Waals surface area contributed by atoms with Gasteiger partial charge in [0.05, 0.1) is 12.8 Å². The minimum atomic E-state index is -3.91. The number of nitrogens with one attached hydrogen (secondary N) is 1. The number of hydrogen-bond acceptors (Lipinski definition) is 6. The van der Waals surface area contributed by atoms with Crippen molar-refractivity contribution >= 4 is 26.4 Å². The zero-order valence-corrected chi connectivity index (χ0v) is 19.7. The highest BCUT2D eigenvalue weighted by Gasteiger charge is 2.24. The van der Waals surface area contributed by atoms with Crippen molar-refractivity contribution in [1.82, 2.24) is 24.5 Å². The first-order valence-corrected chi connectivity index (χ1v) is 12.2. The number of ether oxygens (including phenoxy) is 1. The summed E-state index contributed by atoms with van der Waals surface area (Å²) in [6.45, 7) is 3.72. The third-order valence-electron chi connectivity index (χ3n) is 5.79. The van der Waals surface area contributed by atoms with Crippen LogP contribution in [-0.2, 0) is 10.0 Å². The molecule has 8 nitrogen and oxygen atoms in total. The summed E-state index contributed by atoms with van der Waals surface area (Å²) in [5.74, 6) is 0.680. The molecule has 2 heterocycles. The summed E-state index contributed by atoms with van der Waals surface area (Å²) >= 11 is 0. The molecule has 3 aromatic carbocycles. The summed E-state index contributed by atoms with van der Waals surface area (Å²) in [4.78, 5) is 0.0181. The molecule has 34 heavy (non-hydrogen) atoms. The van der Waals surface area contributed by atoms with E-state index in [0.29, 0.717) is 17.0 Å². The summed E-state index contributed by atoms with van der Waals surface area (Å²) in [7, 11) is -2.47. The molecule has 0 amide bonds. The van der Waals surface area contributed by atoms with Gasteiger partial charge in [0.25, 0.3) is 0 Å². The van der Waals surface area contributed by atoms with Crippen molar-refractivity contribution in [2.45, 2.75) is 24.8 Å². The summed E-state index contributed by atoms with van der Waals surface area (Å²) in [5.41, 5.74) is 2.84. The van der Waals surface area contributed by atoms with Gasteiger partial charge in [0.2, 0.25) is 10.0 Å². The molecular weight excluding hydrogens is 450 g/mol. The van der Waals surface area contributed by atoms with Gasteiger partial charge in [-0.3, -0.25) is 0 Å². The van der Waals surface area contributed by atoms with Crippen LogP contribution >= 0.6 is 0 Å². The van der Waals surface area contributed by atoms with E-state index in [9.17, 15) is 8.42 Å². The van der Waals surface area contributed by atoms with E-state index in [4.69, 9.17) is 4.74 Å². The molecule has 1 atom stereocenters. The lowest BCUT2D eigenvalue weighted by Gasteiger charge is -2.17. The van der Waals surface area contributed by atoms with Gasteiger partial charge in [-0.25, -0.2) is 13.1 Å². The van der Waals surface area contributed by atoms with Gasteiger partial charge < -0.3 is 4.74 Å². The number of rotatable bonds is 6. The maximum absolute atomic E-state index is 13.4. The second-order valence-corrected chi connectivity index (χ2v) is 9.69. The summed E-state index contributed by atoms with van der Waals surface area (Å²) in [5, 5.41) is 15.3. The van der Waals surface area contributed by atoms with E-state index < -0.39 is 16.1 Å². The van der Waals surface area contributed by atoms with Crippen molar-refractivity contribution in [3.63, 3.8) is 0 Å². The Morgan fingerprint density at radius 2 is 1.65 bits per heavy atom. The minimum absolute atomic E-state index is 0.0181. The van der Waals surface area contributed by atoms with Gasteiger partial charge in [0.1, 0.15) is 10.6 Å². The van der Waals surface area contributed by atoms with Crippen LogP contribution in [0.15, 0.2) is 77.7 Å². The van der Waals surface area contributed by atoms with E-state index in [1.54, 1.807) is 29.6 Å². The zero-order chi connectivity index (χ0) is 23.9. The number of fused-ring (bicyclic) bond motifs is 3. The fourth-order valence-corrected chi connectivity index (χ4v) is 5.48. The Hall–Kier alpha value is -3.82. The van der Waals surface area contributed by atoms with Crippen molar-refractivity contribution in [2.24, 2.45) is 0 Å². The molecule has 1 N–H and O–H groups in total. The van der Waals surface area contributed by atoms with Crippen LogP contribution < -0.4 is 9.46 Å². The quantitative estimate of drug-likeness (QED) is 0.395. The Bertz CT molecular complexity index is 1610. The zero-order valence-electron chi connectivity index (χ0n) is 18.9. The molecule has 5 rings (SSSR count). The molecule has 0 saturated carbocycles. The molecule has 2 aromatic heterocycles. The van der Waals surface area contributed by atoms with E-state index in [0.717, 1.165) is 22.0 Å². The third-order valence-corrected chi connectivity index (χ3v) is 7.35. The Morgan fingerprint density at radius 3 is 2.38 bits per heavy atom. The molecule has 0 spiro atoms. The Labute approximate surface area is 197 Å². The summed E-state index contributed by atoms with van der Waals surface area (Å²) in [6.07, 6.45) is 0. The average Bonchev–Trinajstić information content (AvgIpc) is 3.28. The van der Waals surface area contributed by atoms with E-state index >= 15 is 0 Å². The lowest BCUT2D eigenvalue weighted by molar-refractivity contribution is 0.402. The number of aryl methyl sites for hydroxylation is 1. The van der Waals surface area contributed by atoms with Crippen LogP contribution in [0.3, 0.4) is 0 Å². The van der Waals surface area contributed by atoms with Crippen molar-refractivity contribution in [1.29, 1.82) is 0 Å². The van der Waals surface area contributed by atoms with Gasteiger partial charge in [-0.05, 0) is 37.6 Å². The first-order valence-electron chi connectivity index (χ1n) is 10.8. The fourth-order valence-electron chi connectivity index (χ4n) is 4.05. The lowest BCUT2D eigenvalue weighted by Crippen LogP contribution is -2.27. The van der Waals surface area contributed by atoms with Gasteiger partial charge in [0, 0.05) is 22.4 Å². The standard InChI is InChI=1S/C25H23N5O3S/c1-16(18-9-5-4-6-10-18)29-34(31,32)23-15-19(13-14-22(23)33-3)24-26-27-25-21-12-8-7-11-20(21)17(2)28-30(24)25/h4-16,29H,1-3H3/t16-/m0/s1. The second-order valence-electron chi connectivity index (χ2n) is 8.01. The fraction of sp³-hybridized carbons (Fsp3) is 0.160. The number of nitrogens with zero attached hydrogens (tertiary/aromatic N) is 4. The lowest BCUT2D eigenvalue weighted by atomic mass is 10.1. The molecule has 0 fully saturated rings. The maximum atomic E-state index is 13.4. The largest absolute Gasteiger partial charge is 0.495 e. The van der Waals surface area contributed by atoms with Crippen LogP contribution in [0.2, 0.25) is 0 Å². The van der Waals surface area contributed by atoms with Gasteiger partial charge in [-0.15, -0.1) is 10.2 Å². The SMILES string of the molecule is COc1ccc(-c2nnc3c4ccccc4c(C)nn23)cc1S(=O)(=O)N[C@@H](C)c1ccccc1. The van der Waals surface area contributed by atoms with Crippen molar-refractivity contribution in [3.05, 3.63) is 84.1 Å². The molecule has 0 aliphatic heterocycles. The number of benzene rings is 3. The van der Waals surface area contributed by atoms with E-state index in [1.165, 1.54) is 7.11 Å². The Kier molecular flexibility index (Phi) is 5.51. The number of hydrogen-bond donors (Lipinski definition) is 1. The molecule has 9 heteroatoms. The molecule has 0 aliphatic rings. The Balaban J connectivity index is 1.61. The summed E-state index contributed by atoms with van der Waals surface area (Å²) < 4.78 is 36.5. The number of sulfonamides is 1. The first kappa shape index (κ1) is 22.0. The van der Waals surface area contributed by atoms with Crippen molar-refractivity contribution in [3.8, 4) is 17.1 Å². The van der Waals surface area contributed by atoms with Gasteiger partial charge in [-0.1, -0.05) is 54.6 Å². The average molecular weight is 474 g/mol. The predicted octanol–water partition coefficient (Wildman–Crippen LogP) is 4.30. The van der Waals surface area contributed by atoms with E-state index in [2.05, 4.69) is 20.0 Å². The van der Waals surface area contributed by atoms with Gasteiger partial charge in [0.15, 0.2) is 11.5 Å². The predicted molar refractivity (Wildman–Crippen MR) is 130 cm³/mol. The minimum Gasteiger partial charge on any atom is -0.495 e. The first-order chi connectivity index (χ1) is 16.4. The molecule has 5 aromatic rings. The molecule has 0 unspecified atom stereocenters. The summed E-state index contributed by atoms with van der Waals surface area (Å²) in [6, 6.07) is 21.7. The second kappa shape index (κ2) is 8.51.